The SMILES string of the molecule is CCN1CCN(C(=O)c2ccc(SC(F)(F)F)cc2)CC1. The number of nitrogens with zero attached hydrogens (tertiary/aromatic N) is 2. The van der Waals surface area contributed by atoms with Gasteiger partial charge in [0.1, 0.15) is 0 Å². The Morgan fingerprint density at radius 2 is 1.71 bits per heavy atom. The molecule has 1 aromatic rings. The van der Waals surface area contributed by atoms with Crippen LogP contribution in [-0.4, -0.2) is 53.9 Å². The van der Waals surface area contributed by atoms with Gasteiger partial charge in [0, 0.05) is 36.6 Å². The van der Waals surface area contributed by atoms with Crippen molar-refractivity contribution in [2.75, 3.05) is 32.7 Å². The number of carbonyl (C=O) groups excluding carboxylic acids is 1. The van der Waals surface area contributed by atoms with E-state index in [2.05, 4.69) is 11.8 Å². The third-order valence-electron chi connectivity index (χ3n) is 3.44. The van der Waals surface area contributed by atoms with Gasteiger partial charge in [-0.3, -0.25) is 4.79 Å². The van der Waals surface area contributed by atoms with Gasteiger partial charge in [0.15, 0.2) is 0 Å². The molecule has 1 fully saturated rings. The van der Waals surface area contributed by atoms with Gasteiger partial charge in [0.05, 0.1) is 0 Å². The molecular weight excluding hydrogens is 301 g/mol. The van der Waals surface area contributed by atoms with E-state index in [-0.39, 0.29) is 22.6 Å². The lowest BCUT2D eigenvalue weighted by Crippen LogP contribution is -2.48. The first kappa shape index (κ1) is 16.2. The molecule has 0 aromatic heterocycles. The number of rotatable bonds is 3. The fourth-order valence-electron chi connectivity index (χ4n) is 2.25. The van der Waals surface area contributed by atoms with Crippen LogP contribution in [0, 0.1) is 0 Å². The molecule has 0 bridgehead atoms. The normalized spacial score (nSPS) is 17.0. The summed E-state index contributed by atoms with van der Waals surface area (Å²) in [5, 5.41) is 0. The van der Waals surface area contributed by atoms with E-state index in [1.54, 1.807) is 4.90 Å². The number of alkyl halides is 3. The zero-order valence-corrected chi connectivity index (χ0v) is 12.5. The van der Waals surface area contributed by atoms with E-state index >= 15 is 0 Å². The molecule has 0 spiro atoms. The van der Waals surface area contributed by atoms with E-state index in [1.807, 2.05) is 0 Å². The highest BCUT2D eigenvalue weighted by atomic mass is 32.2. The quantitative estimate of drug-likeness (QED) is 0.800. The molecule has 3 nitrogen and oxygen atoms in total. The van der Waals surface area contributed by atoms with Crippen molar-refractivity contribution in [3.05, 3.63) is 29.8 Å². The van der Waals surface area contributed by atoms with Crippen LogP contribution in [0.15, 0.2) is 29.2 Å². The number of hydrogen-bond acceptors (Lipinski definition) is 3. The van der Waals surface area contributed by atoms with Crippen LogP contribution in [0.3, 0.4) is 0 Å². The molecule has 116 valence electrons. The number of halogens is 3. The molecule has 0 saturated carbocycles. The minimum atomic E-state index is -4.30. The maximum absolute atomic E-state index is 12.3. The van der Waals surface area contributed by atoms with Gasteiger partial charge in [0.25, 0.3) is 5.91 Å². The summed E-state index contributed by atoms with van der Waals surface area (Å²) in [5.41, 5.74) is -3.87. The van der Waals surface area contributed by atoms with Gasteiger partial charge in [0.2, 0.25) is 0 Å². The average Bonchev–Trinajstić information content (AvgIpc) is 2.46. The van der Waals surface area contributed by atoms with Crippen LogP contribution in [0.4, 0.5) is 13.2 Å². The van der Waals surface area contributed by atoms with Crippen molar-refractivity contribution in [2.45, 2.75) is 17.3 Å². The largest absolute Gasteiger partial charge is 0.446 e. The van der Waals surface area contributed by atoms with Crippen molar-refractivity contribution in [2.24, 2.45) is 0 Å². The van der Waals surface area contributed by atoms with Crippen molar-refractivity contribution < 1.29 is 18.0 Å². The monoisotopic (exact) mass is 318 g/mol. The number of amides is 1. The lowest BCUT2D eigenvalue weighted by Gasteiger charge is -2.34. The van der Waals surface area contributed by atoms with Crippen LogP contribution < -0.4 is 0 Å². The Bertz CT molecular complexity index is 482. The second kappa shape index (κ2) is 6.70. The van der Waals surface area contributed by atoms with Crippen molar-refractivity contribution in [1.29, 1.82) is 0 Å². The Balaban J connectivity index is 1.97. The highest BCUT2D eigenvalue weighted by molar-refractivity contribution is 8.00. The number of likely N-dealkylation sites (N-methyl/N-ethyl adjacent to an activating group) is 1. The average molecular weight is 318 g/mol. The van der Waals surface area contributed by atoms with E-state index in [4.69, 9.17) is 0 Å². The summed E-state index contributed by atoms with van der Waals surface area (Å²) in [6.07, 6.45) is 0. The summed E-state index contributed by atoms with van der Waals surface area (Å²) < 4.78 is 36.7. The molecule has 0 radical (unpaired) electrons. The molecular formula is C14H17F3N2OS. The van der Waals surface area contributed by atoms with E-state index in [9.17, 15) is 18.0 Å². The predicted molar refractivity (Wildman–Crippen MR) is 76.4 cm³/mol. The second-order valence-corrected chi connectivity index (χ2v) is 5.94. The van der Waals surface area contributed by atoms with Crippen molar-refractivity contribution in [1.82, 2.24) is 9.80 Å². The minimum Gasteiger partial charge on any atom is -0.336 e. The Labute approximate surface area is 126 Å². The zero-order chi connectivity index (χ0) is 15.5. The van der Waals surface area contributed by atoms with Crippen LogP contribution in [-0.2, 0) is 0 Å². The summed E-state index contributed by atoms with van der Waals surface area (Å²) in [4.78, 5) is 16.4. The fraction of sp³-hybridized carbons (Fsp3) is 0.500. The molecule has 1 aliphatic rings. The molecule has 0 unspecified atom stereocenters. The Morgan fingerprint density at radius 1 is 1.14 bits per heavy atom. The van der Waals surface area contributed by atoms with E-state index < -0.39 is 5.51 Å². The fourth-order valence-corrected chi connectivity index (χ4v) is 2.79. The summed E-state index contributed by atoms with van der Waals surface area (Å²) in [7, 11) is 0. The summed E-state index contributed by atoms with van der Waals surface area (Å²) in [6.45, 7) is 6.03. The topological polar surface area (TPSA) is 23.6 Å². The van der Waals surface area contributed by atoms with Gasteiger partial charge in [-0.1, -0.05) is 6.92 Å². The summed E-state index contributed by atoms with van der Waals surface area (Å²) in [5.74, 6) is -0.116. The van der Waals surface area contributed by atoms with Gasteiger partial charge < -0.3 is 9.80 Å². The molecule has 0 aliphatic carbocycles. The molecule has 1 saturated heterocycles. The number of thioether (sulfide) groups is 1. The number of piperazine rings is 1. The molecule has 0 N–H and O–H groups in total. The van der Waals surface area contributed by atoms with Crippen LogP contribution in [0.1, 0.15) is 17.3 Å². The van der Waals surface area contributed by atoms with Crippen molar-refractivity contribution in [3.8, 4) is 0 Å². The van der Waals surface area contributed by atoms with Crippen LogP contribution >= 0.6 is 11.8 Å². The minimum absolute atomic E-state index is 0.0925. The van der Waals surface area contributed by atoms with Crippen LogP contribution in [0.2, 0.25) is 0 Å². The molecule has 1 heterocycles. The van der Waals surface area contributed by atoms with Gasteiger partial charge in [-0.2, -0.15) is 13.2 Å². The molecule has 21 heavy (non-hydrogen) atoms. The maximum atomic E-state index is 12.3. The Morgan fingerprint density at radius 3 is 2.19 bits per heavy atom. The van der Waals surface area contributed by atoms with Crippen molar-refractivity contribution in [3.63, 3.8) is 0 Å². The molecule has 1 aromatic carbocycles. The Hall–Kier alpha value is -1.21. The first-order valence-corrected chi connectivity index (χ1v) is 7.58. The lowest BCUT2D eigenvalue weighted by atomic mass is 10.2. The maximum Gasteiger partial charge on any atom is 0.446 e. The smallest absolute Gasteiger partial charge is 0.336 e. The molecule has 1 aliphatic heterocycles. The lowest BCUT2D eigenvalue weighted by molar-refractivity contribution is -0.0328. The standard InChI is InChI=1S/C14H17F3N2OS/c1-2-18-7-9-19(10-8-18)13(20)11-3-5-12(6-4-11)21-14(15,16)17/h3-6H,2,7-10H2,1H3. The van der Waals surface area contributed by atoms with E-state index in [1.165, 1.54) is 24.3 Å². The van der Waals surface area contributed by atoms with Crippen LogP contribution in [0.25, 0.3) is 0 Å². The number of hydrogen-bond donors (Lipinski definition) is 0. The van der Waals surface area contributed by atoms with Gasteiger partial charge in [-0.25, -0.2) is 0 Å². The molecule has 2 rings (SSSR count). The van der Waals surface area contributed by atoms with E-state index in [0.717, 1.165) is 19.6 Å². The van der Waals surface area contributed by atoms with Gasteiger partial charge in [-0.15, -0.1) is 0 Å². The molecule has 7 heteroatoms. The second-order valence-electron chi connectivity index (χ2n) is 4.80. The highest BCUT2D eigenvalue weighted by Crippen LogP contribution is 2.36. The van der Waals surface area contributed by atoms with Crippen molar-refractivity contribution >= 4 is 17.7 Å². The summed E-state index contributed by atoms with van der Waals surface area (Å²) >= 11 is -0.172. The predicted octanol–water partition coefficient (Wildman–Crippen LogP) is 3.08. The molecule has 0 atom stereocenters. The zero-order valence-electron chi connectivity index (χ0n) is 11.7. The first-order chi connectivity index (χ1) is 9.89. The molecule has 1 amide bonds. The third-order valence-corrected chi connectivity index (χ3v) is 4.18. The van der Waals surface area contributed by atoms with Gasteiger partial charge >= 0.3 is 5.51 Å². The number of carbonyl (C=O) groups is 1. The first-order valence-electron chi connectivity index (χ1n) is 6.76. The summed E-state index contributed by atoms with van der Waals surface area (Å²) in [6, 6.07) is 5.60. The Kier molecular flexibility index (Phi) is 5.16. The van der Waals surface area contributed by atoms with Gasteiger partial charge in [-0.05, 0) is 42.6 Å². The van der Waals surface area contributed by atoms with E-state index in [0.29, 0.717) is 18.7 Å². The number of benzene rings is 1. The van der Waals surface area contributed by atoms with Crippen LogP contribution in [0.5, 0.6) is 0 Å². The highest BCUT2D eigenvalue weighted by Gasteiger charge is 2.29. The third kappa shape index (κ3) is 4.64.